The van der Waals surface area contributed by atoms with E-state index < -0.39 is 0 Å². The highest BCUT2D eigenvalue weighted by Crippen LogP contribution is 2.15. The first-order valence-electron chi connectivity index (χ1n) is 8.91. The average Bonchev–Trinajstić information content (AvgIpc) is 2.55. The Kier molecular flexibility index (Phi) is 6.25. The van der Waals surface area contributed by atoms with Crippen molar-refractivity contribution in [1.82, 2.24) is 10.2 Å². The molecular formula is C21H28N2. The summed E-state index contributed by atoms with van der Waals surface area (Å²) in [6.07, 6.45) is 15.8. The molecule has 0 unspecified atom stereocenters. The average molecular weight is 308 g/mol. The van der Waals surface area contributed by atoms with Crippen molar-refractivity contribution >= 4 is 0 Å². The lowest BCUT2D eigenvalue weighted by molar-refractivity contribution is 0.200. The molecule has 0 radical (unpaired) electrons. The third-order valence-corrected chi connectivity index (χ3v) is 4.74. The molecule has 3 rings (SSSR count). The first-order valence-corrected chi connectivity index (χ1v) is 8.91. The zero-order valence-electron chi connectivity index (χ0n) is 14.0. The molecule has 2 aliphatic rings. The highest BCUT2D eigenvalue weighted by molar-refractivity contribution is 5.20. The molecule has 0 bridgehead atoms. The zero-order valence-corrected chi connectivity index (χ0v) is 14.0. The SMILES string of the molecule is C1=C/C=C(/CCN2CCN[C@@H](Cc3ccccc3)C2)CCC=C1. The second-order valence-corrected chi connectivity index (χ2v) is 6.57. The fourth-order valence-electron chi connectivity index (χ4n) is 3.43. The van der Waals surface area contributed by atoms with Crippen LogP contribution >= 0.6 is 0 Å². The summed E-state index contributed by atoms with van der Waals surface area (Å²) in [6.45, 7) is 4.64. The van der Waals surface area contributed by atoms with Crippen LogP contribution in [-0.2, 0) is 6.42 Å². The number of nitrogens with zero attached hydrogens (tertiary/aromatic N) is 1. The highest BCUT2D eigenvalue weighted by Gasteiger charge is 2.19. The Bertz CT molecular complexity index is 556. The first kappa shape index (κ1) is 16.2. The van der Waals surface area contributed by atoms with Gasteiger partial charge in [-0.2, -0.15) is 0 Å². The third kappa shape index (κ3) is 5.49. The minimum Gasteiger partial charge on any atom is -0.311 e. The number of hydrogen-bond acceptors (Lipinski definition) is 2. The summed E-state index contributed by atoms with van der Waals surface area (Å²) in [4.78, 5) is 2.63. The molecule has 0 amide bonds. The van der Waals surface area contributed by atoms with E-state index in [0.29, 0.717) is 6.04 Å². The van der Waals surface area contributed by atoms with E-state index in [-0.39, 0.29) is 0 Å². The standard InChI is InChI=1S/C21H28N2/c1-2-5-9-19(10-6-3-1)13-15-23-16-14-22-21(18-23)17-20-11-7-4-8-12-20/h1-5,7-9,11-12,21-22H,6,10,13-18H2/b3-1?,5-2?,19-9+/t21-/m0/s1. The van der Waals surface area contributed by atoms with Crippen LogP contribution in [0.25, 0.3) is 0 Å². The number of piperazine rings is 1. The molecule has 122 valence electrons. The Hall–Kier alpha value is -1.64. The minimum absolute atomic E-state index is 0.584. The molecule has 0 saturated carbocycles. The molecule has 1 fully saturated rings. The molecular weight excluding hydrogens is 280 g/mol. The molecule has 1 N–H and O–H groups in total. The quantitative estimate of drug-likeness (QED) is 0.892. The van der Waals surface area contributed by atoms with Crippen molar-refractivity contribution in [2.75, 3.05) is 26.2 Å². The normalized spacial score (nSPS) is 24.7. The van der Waals surface area contributed by atoms with E-state index in [2.05, 4.69) is 70.9 Å². The molecule has 0 aromatic heterocycles. The van der Waals surface area contributed by atoms with Crippen LogP contribution in [0, 0.1) is 0 Å². The van der Waals surface area contributed by atoms with Crippen molar-refractivity contribution < 1.29 is 0 Å². The van der Waals surface area contributed by atoms with Gasteiger partial charge in [0.1, 0.15) is 0 Å². The van der Waals surface area contributed by atoms with Crippen LogP contribution in [0.5, 0.6) is 0 Å². The minimum atomic E-state index is 0.584. The maximum Gasteiger partial charge on any atom is 0.0235 e. The van der Waals surface area contributed by atoms with Crippen LogP contribution in [0.4, 0.5) is 0 Å². The number of nitrogens with one attached hydrogen (secondary N) is 1. The van der Waals surface area contributed by atoms with Crippen molar-refractivity contribution in [3.05, 3.63) is 71.8 Å². The van der Waals surface area contributed by atoms with Gasteiger partial charge >= 0.3 is 0 Å². The summed E-state index contributed by atoms with van der Waals surface area (Å²) < 4.78 is 0. The third-order valence-electron chi connectivity index (χ3n) is 4.74. The lowest BCUT2D eigenvalue weighted by Crippen LogP contribution is -2.51. The fraction of sp³-hybridized carbons (Fsp3) is 0.429. The summed E-state index contributed by atoms with van der Waals surface area (Å²) >= 11 is 0. The Labute approximate surface area is 140 Å². The van der Waals surface area contributed by atoms with E-state index in [1.807, 2.05) is 0 Å². The van der Waals surface area contributed by atoms with E-state index >= 15 is 0 Å². The Morgan fingerprint density at radius 2 is 2.00 bits per heavy atom. The van der Waals surface area contributed by atoms with Crippen molar-refractivity contribution in [2.45, 2.75) is 31.7 Å². The zero-order chi connectivity index (χ0) is 15.7. The topological polar surface area (TPSA) is 15.3 Å². The Morgan fingerprint density at radius 3 is 2.91 bits per heavy atom. The van der Waals surface area contributed by atoms with Gasteiger partial charge in [-0.15, -0.1) is 0 Å². The largest absolute Gasteiger partial charge is 0.311 e. The van der Waals surface area contributed by atoms with Crippen molar-refractivity contribution in [2.24, 2.45) is 0 Å². The molecule has 23 heavy (non-hydrogen) atoms. The smallest absolute Gasteiger partial charge is 0.0235 e. The number of hydrogen-bond donors (Lipinski definition) is 1. The summed E-state index contributed by atoms with van der Waals surface area (Å²) in [5, 5.41) is 3.68. The van der Waals surface area contributed by atoms with Crippen LogP contribution in [0.3, 0.4) is 0 Å². The van der Waals surface area contributed by atoms with Gasteiger partial charge in [-0.25, -0.2) is 0 Å². The second kappa shape index (κ2) is 8.85. The van der Waals surface area contributed by atoms with Crippen molar-refractivity contribution in [3.8, 4) is 0 Å². The predicted octanol–water partition coefficient (Wildman–Crippen LogP) is 3.73. The van der Waals surface area contributed by atoms with E-state index in [1.165, 1.54) is 37.9 Å². The molecule has 0 spiro atoms. The fourth-order valence-corrected chi connectivity index (χ4v) is 3.43. The van der Waals surface area contributed by atoms with Crippen molar-refractivity contribution in [3.63, 3.8) is 0 Å². The highest BCUT2D eigenvalue weighted by atomic mass is 15.2. The molecule has 1 aliphatic carbocycles. The number of rotatable bonds is 5. The molecule has 1 aliphatic heterocycles. The van der Waals surface area contributed by atoms with Crippen LogP contribution in [0.1, 0.15) is 24.8 Å². The van der Waals surface area contributed by atoms with Gasteiger partial charge in [0.05, 0.1) is 0 Å². The van der Waals surface area contributed by atoms with Crippen LogP contribution < -0.4 is 5.32 Å². The Morgan fingerprint density at radius 1 is 1.09 bits per heavy atom. The molecule has 2 heteroatoms. The van der Waals surface area contributed by atoms with Gasteiger partial charge < -0.3 is 10.2 Å². The maximum absolute atomic E-state index is 3.68. The van der Waals surface area contributed by atoms with E-state index in [0.717, 1.165) is 19.5 Å². The summed E-state index contributed by atoms with van der Waals surface area (Å²) in [6, 6.07) is 11.4. The lowest BCUT2D eigenvalue weighted by atomic mass is 10.0. The van der Waals surface area contributed by atoms with Gasteiger partial charge in [0.2, 0.25) is 0 Å². The molecule has 1 heterocycles. The van der Waals surface area contributed by atoms with Crippen molar-refractivity contribution in [1.29, 1.82) is 0 Å². The molecule has 1 aromatic carbocycles. The monoisotopic (exact) mass is 308 g/mol. The van der Waals surface area contributed by atoms with E-state index in [9.17, 15) is 0 Å². The maximum atomic E-state index is 3.68. The summed E-state index contributed by atoms with van der Waals surface area (Å²) in [5.41, 5.74) is 3.02. The summed E-state index contributed by atoms with van der Waals surface area (Å²) in [7, 11) is 0. The van der Waals surface area contributed by atoms with E-state index in [1.54, 1.807) is 5.57 Å². The number of allylic oxidation sites excluding steroid dienone is 5. The second-order valence-electron chi connectivity index (χ2n) is 6.57. The first-order chi connectivity index (χ1) is 11.4. The van der Waals surface area contributed by atoms with Gasteiger partial charge in [0.25, 0.3) is 0 Å². The number of benzene rings is 1. The predicted molar refractivity (Wildman–Crippen MR) is 98.6 cm³/mol. The lowest BCUT2D eigenvalue weighted by Gasteiger charge is -2.34. The molecule has 2 nitrogen and oxygen atoms in total. The van der Waals surface area contributed by atoms with Crippen LogP contribution in [0.15, 0.2) is 66.3 Å². The Balaban J connectivity index is 1.47. The van der Waals surface area contributed by atoms with Crippen LogP contribution in [0.2, 0.25) is 0 Å². The molecule has 1 atom stereocenters. The van der Waals surface area contributed by atoms with Gasteiger partial charge in [-0.05, 0) is 31.2 Å². The summed E-state index contributed by atoms with van der Waals surface area (Å²) in [5.74, 6) is 0. The van der Waals surface area contributed by atoms with E-state index in [4.69, 9.17) is 0 Å². The van der Waals surface area contributed by atoms with Gasteiger partial charge in [0.15, 0.2) is 0 Å². The van der Waals surface area contributed by atoms with Crippen LogP contribution in [-0.4, -0.2) is 37.1 Å². The van der Waals surface area contributed by atoms with Gasteiger partial charge in [0, 0.05) is 32.2 Å². The van der Waals surface area contributed by atoms with Gasteiger partial charge in [-0.3, -0.25) is 0 Å². The molecule has 1 aromatic rings. The molecule has 1 saturated heterocycles. The van der Waals surface area contributed by atoms with Gasteiger partial charge in [-0.1, -0.05) is 66.3 Å².